The molecule has 3 heterocycles. The van der Waals surface area contributed by atoms with E-state index in [1.807, 2.05) is 38.1 Å². The molecule has 0 spiro atoms. The molecular weight excluding hydrogens is 552 g/mol. The number of amides is 1. The highest BCUT2D eigenvalue weighted by atomic mass is 16.4. The summed E-state index contributed by atoms with van der Waals surface area (Å²) in [5.41, 5.74) is 2.81. The Hall–Kier alpha value is -4.16. The molecule has 2 saturated heterocycles. The molecular formula is C31H40N6O6. The average molecular weight is 593 g/mol. The van der Waals surface area contributed by atoms with Gasteiger partial charge >= 0.3 is 12.0 Å². The van der Waals surface area contributed by atoms with Crippen LogP contribution in [0, 0.1) is 0 Å². The second-order valence-corrected chi connectivity index (χ2v) is 11.7. The number of phenols is 2. The molecule has 230 valence electrons. The van der Waals surface area contributed by atoms with Crippen LogP contribution in [-0.4, -0.2) is 107 Å². The number of aromatic nitrogens is 3. The highest BCUT2D eigenvalue weighted by molar-refractivity contribution is 5.80. The molecule has 2 aliphatic heterocycles. The summed E-state index contributed by atoms with van der Waals surface area (Å²) in [6.07, 6.45) is 1.79. The van der Waals surface area contributed by atoms with Crippen LogP contribution in [-0.2, 0) is 16.1 Å². The summed E-state index contributed by atoms with van der Waals surface area (Å²) < 4.78 is 1.48. The maximum Gasteiger partial charge on any atom is 0.319 e. The van der Waals surface area contributed by atoms with Gasteiger partial charge in [0, 0.05) is 64.3 Å². The standard InChI is InChI=1S/C31H40N6O6/c1-20(2)24-17-25(27(39)18-26(24)38)30-32-33-31(43)37(30)23-5-3-21(4-6-23)19-34-13-15-35(16-14-34)22-9-11-36(12-10-22)28(40)7-8-29(41)42/h3-6,17-18,20,22,38-39H,7-16,19H2,1-2H3,(H,33,43)(H,41,42). The van der Waals surface area contributed by atoms with E-state index in [1.165, 1.54) is 10.6 Å². The molecule has 2 aromatic carbocycles. The molecule has 2 aliphatic rings. The van der Waals surface area contributed by atoms with Gasteiger partial charge in [0.05, 0.1) is 17.7 Å². The van der Waals surface area contributed by atoms with E-state index in [-0.39, 0.29) is 48.0 Å². The third-order valence-electron chi connectivity index (χ3n) is 8.55. The summed E-state index contributed by atoms with van der Waals surface area (Å²) in [5.74, 6) is -0.856. The zero-order valence-corrected chi connectivity index (χ0v) is 24.7. The van der Waals surface area contributed by atoms with Gasteiger partial charge < -0.3 is 25.3 Å². The smallest absolute Gasteiger partial charge is 0.319 e. The van der Waals surface area contributed by atoms with E-state index in [1.54, 1.807) is 11.0 Å². The first-order chi connectivity index (χ1) is 20.6. The van der Waals surface area contributed by atoms with Crippen LogP contribution in [0.25, 0.3) is 17.1 Å². The Bertz CT molecular complexity index is 1440. The number of carboxylic acids is 1. The number of carboxylic acid groups (broad SMARTS) is 1. The first-order valence-electron chi connectivity index (χ1n) is 14.9. The maximum atomic E-state index is 12.3. The van der Waals surface area contributed by atoms with Crippen molar-refractivity contribution in [2.75, 3.05) is 39.3 Å². The molecule has 2 fully saturated rings. The van der Waals surface area contributed by atoms with Crippen LogP contribution in [0.3, 0.4) is 0 Å². The highest BCUT2D eigenvalue weighted by Crippen LogP contribution is 2.38. The van der Waals surface area contributed by atoms with Crippen LogP contribution < -0.4 is 0 Å². The summed E-state index contributed by atoms with van der Waals surface area (Å²) in [6, 6.07) is 10.9. The Morgan fingerprint density at radius 1 is 0.884 bits per heavy atom. The topological polar surface area (TPSA) is 155 Å². The van der Waals surface area contributed by atoms with Gasteiger partial charge in [-0.3, -0.25) is 19.4 Å². The number of piperidine rings is 1. The molecule has 12 heteroatoms. The number of nitrogens with zero attached hydrogens (tertiary/aromatic N) is 6. The average Bonchev–Trinajstić information content (AvgIpc) is 3.37. The fourth-order valence-electron chi connectivity index (χ4n) is 6.07. The van der Waals surface area contributed by atoms with E-state index < -0.39 is 5.97 Å². The number of aromatic hydroxyl groups is 3. The minimum absolute atomic E-state index is 0.00330. The Morgan fingerprint density at radius 2 is 1.56 bits per heavy atom. The van der Waals surface area contributed by atoms with Crippen LogP contribution in [0.15, 0.2) is 36.4 Å². The quantitative estimate of drug-likeness (QED) is 0.291. The number of hydrogen-bond acceptors (Lipinski definition) is 9. The molecule has 0 atom stereocenters. The number of benzene rings is 2. The van der Waals surface area contributed by atoms with Gasteiger partial charge in [-0.25, -0.2) is 4.57 Å². The first-order valence-corrected chi connectivity index (χ1v) is 14.9. The summed E-state index contributed by atoms with van der Waals surface area (Å²) in [4.78, 5) is 29.7. The molecule has 0 aliphatic carbocycles. The Morgan fingerprint density at radius 3 is 2.19 bits per heavy atom. The lowest BCUT2D eigenvalue weighted by atomic mass is 9.98. The number of aliphatic carboxylic acids is 1. The molecule has 12 nitrogen and oxygen atoms in total. The van der Waals surface area contributed by atoms with Gasteiger partial charge in [0.2, 0.25) is 5.91 Å². The van der Waals surface area contributed by atoms with Gasteiger partial charge in [0.25, 0.3) is 0 Å². The molecule has 1 amide bonds. The normalized spacial score (nSPS) is 17.0. The van der Waals surface area contributed by atoms with Crippen LogP contribution in [0.5, 0.6) is 17.5 Å². The minimum Gasteiger partial charge on any atom is -0.508 e. The predicted molar refractivity (Wildman–Crippen MR) is 159 cm³/mol. The molecule has 43 heavy (non-hydrogen) atoms. The van der Waals surface area contributed by atoms with Crippen molar-refractivity contribution in [2.45, 2.75) is 58.0 Å². The lowest BCUT2D eigenvalue weighted by Gasteiger charge is -2.42. The SMILES string of the molecule is CC(C)c1cc(-c2nnc(O)n2-c2ccc(CN3CCN(C4CCN(C(=O)CCC(=O)O)CC4)CC3)cc2)c(O)cc1O. The molecule has 1 aromatic heterocycles. The summed E-state index contributed by atoms with van der Waals surface area (Å²) in [7, 11) is 0. The highest BCUT2D eigenvalue weighted by Gasteiger charge is 2.29. The third-order valence-corrected chi connectivity index (χ3v) is 8.55. The minimum atomic E-state index is -0.937. The van der Waals surface area contributed by atoms with Crippen LogP contribution in [0.1, 0.15) is 56.6 Å². The van der Waals surface area contributed by atoms with E-state index in [4.69, 9.17) is 5.11 Å². The van der Waals surface area contributed by atoms with Crippen molar-refractivity contribution < 1.29 is 30.0 Å². The number of carbonyl (C=O) groups is 2. The van der Waals surface area contributed by atoms with Crippen molar-refractivity contribution in [1.29, 1.82) is 0 Å². The summed E-state index contributed by atoms with van der Waals surface area (Å²) in [6.45, 7) is 9.85. The van der Waals surface area contributed by atoms with Gasteiger partial charge in [-0.05, 0) is 48.1 Å². The number of carbonyl (C=O) groups excluding carboxylic acids is 1. The lowest BCUT2D eigenvalue weighted by Crippen LogP contribution is -2.53. The van der Waals surface area contributed by atoms with E-state index in [0.29, 0.717) is 35.9 Å². The number of phenolic OH excluding ortho intramolecular Hbond substituents is 2. The molecule has 4 N–H and O–H groups in total. The maximum absolute atomic E-state index is 12.3. The van der Waals surface area contributed by atoms with Crippen molar-refractivity contribution in [3.63, 3.8) is 0 Å². The lowest BCUT2D eigenvalue weighted by molar-refractivity contribution is -0.141. The number of rotatable bonds is 9. The van der Waals surface area contributed by atoms with Crippen LogP contribution >= 0.6 is 0 Å². The largest absolute Gasteiger partial charge is 0.508 e. The van der Waals surface area contributed by atoms with Gasteiger partial charge in [0.1, 0.15) is 11.5 Å². The van der Waals surface area contributed by atoms with Gasteiger partial charge in [-0.2, -0.15) is 0 Å². The van der Waals surface area contributed by atoms with Crippen molar-refractivity contribution in [2.24, 2.45) is 0 Å². The second kappa shape index (κ2) is 13.0. The first kappa shape index (κ1) is 30.3. The van der Waals surface area contributed by atoms with E-state index in [2.05, 4.69) is 20.0 Å². The molecule has 0 bridgehead atoms. The summed E-state index contributed by atoms with van der Waals surface area (Å²) in [5, 5.41) is 48.1. The molecule has 3 aromatic rings. The molecule has 5 rings (SSSR count). The van der Waals surface area contributed by atoms with Gasteiger partial charge in [-0.15, -0.1) is 5.10 Å². The fourth-order valence-corrected chi connectivity index (χ4v) is 6.07. The van der Waals surface area contributed by atoms with Crippen molar-refractivity contribution in [3.05, 3.63) is 47.5 Å². The van der Waals surface area contributed by atoms with Crippen molar-refractivity contribution in [3.8, 4) is 34.6 Å². The van der Waals surface area contributed by atoms with E-state index in [9.17, 15) is 24.9 Å². The van der Waals surface area contributed by atoms with Crippen LogP contribution in [0.4, 0.5) is 0 Å². The third kappa shape index (κ3) is 6.91. The van der Waals surface area contributed by atoms with Crippen LogP contribution in [0.2, 0.25) is 0 Å². The zero-order valence-electron chi connectivity index (χ0n) is 24.7. The van der Waals surface area contributed by atoms with Crippen molar-refractivity contribution >= 4 is 11.9 Å². The molecule has 0 radical (unpaired) electrons. The Kier molecular flexibility index (Phi) is 9.16. The van der Waals surface area contributed by atoms with E-state index in [0.717, 1.165) is 51.1 Å². The van der Waals surface area contributed by atoms with E-state index >= 15 is 0 Å². The van der Waals surface area contributed by atoms with Gasteiger partial charge in [0.15, 0.2) is 5.82 Å². The fraction of sp³-hybridized carbons (Fsp3) is 0.484. The number of piperazine rings is 1. The molecule has 0 saturated carbocycles. The number of hydrogen-bond donors (Lipinski definition) is 4. The number of likely N-dealkylation sites (tertiary alicyclic amines) is 1. The molecule has 0 unspecified atom stereocenters. The Labute approximate surface area is 250 Å². The monoisotopic (exact) mass is 592 g/mol. The second-order valence-electron chi connectivity index (χ2n) is 11.7. The van der Waals surface area contributed by atoms with Gasteiger partial charge in [-0.1, -0.05) is 31.1 Å². The van der Waals surface area contributed by atoms with Crippen molar-refractivity contribution in [1.82, 2.24) is 29.5 Å². The zero-order chi connectivity index (χ0) is 30.7. The predicted octanol–water partition coefficient (Wildman–Crippen LogP) is 3.15. The summed E-state index contributed by atoms with van der Waals surface area (Å²) >= 11 is 0. The Balaban J connectivity index is 1.17.